The standard InChI is InChI=1S/C26H19ClFN5O/c1-15-25(16(2)33(31-15)19-8-9-23(29-3)21(27)12-19)17-6-7-18(22(28)11-17)13-32-14-24-20(26(32)34)5-4-10-30-24/h4-12H,13-14H2,1-2H3. The summed E-state index contributed by atoms with van der Waals surface area (Å²) >= 11 is 6.21. The van der Waals surface area contributed by atoms with Crippen LogP contribution in [0.25, 0.3) is 21.7 Å². The van der Waals surface area contributed by atoms with Crippen molar-refractivity contribution in [3.8, 4) is 16.8 Å². The third kappa shape index (κ3) is 3.62. The van der Waals surface area contributed by atoms with E-state index in [0.717, 1.165) is 22.6 Å². The number of amides is 1. The Bertz CT molecular complexity index is 1500. The van der Waals surface area contributed by atoms with Gasteiger partial charge in [-0.15, -0.1) is 0 Å². The lowest BCUT2D eigenvalue weighted by Gasteiger charge is -2.16. The second kappa shape index (κ2) is 8.40. The molecule has 0 radical (unpaired) electrons. The van der Waals surface area contributed by atoms with E-state index in [4.69, 9.17) is 18.2 Å². The van der Waals surface area contributed by atoms with E-state index in [2.05, 4.69) is 14.9 Å². The van der Waals surface area contributed by atoms with Crippen molar-refractivity contribution in [2.45, 2.75) is 26.9 Å². The van der Waals surface area contributed by atoms with E-state index in [1.807, 2.05) is 19.9 Å². The van der Waals surface area contributed by atoms with Crippen molar-refractivity contribution < 1.29 is 9.18 Å². The van der Waals surface area contributed by atoms with Gasteiger partial charge in [-0.05, 0) is 49.7 Å². The first-order chi connectivity index (χ1) is 16.4. The lowest BCUT2D eigenvalue weighted by molar-refractivity contribution is 0.0765. The zero-order chi connectivity index (χ0) is 24.0. The van der Waals surface area contributed by atoms with Crippen LogP contribution in [-0.2, 0) is 13.1 Å². The van der Waals surface area contributed by atoms with Gasteiger partial charge in [-0.3, -0.25) is 9.78 Å². The third-order valence-electron chi connectivity index (χ3n) is 6.04. The molecule has 2 aromatic carbocycles. The first kappa shape index (κ1) is 21.8. The first-order valence-electron chi connectivity index (χ1n) is 10.6. The number of pyridine rings is 1. The topological polar surface area (TPSA) is 55.4 Å². The highest BCUT2D eigenvalue weighted by molar-refractivity contribution is 6.33. The maximum absolute atomic E-state index is 15.1. The number of aryl methyl sites for hydroxylation is 1. The molecule has 4 aromatic rings. The molecule has 0 N–H and O–H groups in total. The highest BCUT2D eigenvalue weighted by Crippen LogP contribution is 2.33. The Kier molecular flexibility index (Phi) is 5.39. The Morgan fingerprint density at radius 2 is 2.00 bits per heavy atom. The van der Waals surface area contributed by atoms with Crippen molar-refractivity contribution in [3.63, 3.8) is 0 Å². The lowest BCUT2D eigenvalue weighted by atomic mass is 10.0. The minimum Gasteiger partial charge on any atom is -0.328 e. The number of carbonyl (C=O) groups excluding carboxylic acids is 1. The largest absolute Gasteiger partial charge is 0.328 e. The Balaban J connectivity index is 1.44. The smallest absolute Gasteiger partial charge is 0.256 e. The van der Waals surface area contributed by atoms with Crippen molar-refractivity contribution in [2.75, 3.05) is 0 Å². The van der Waals surface area contributed by atoms with E-state index >= 15 is 4.39 Å². The summed E-state index contributed by atoms with van der Waals surface area (Å²) in [7, 11) is 0. The molecule has 1 amide bonds. The minimum absolute atomic E-state index is 0.137. The van der Waals surface area contributed by atoms with Crippen LogP contribution >= 0.6 is 11.6 Å². The fraction of sp³-hybridized carbons (Fsp3) is 0.154. The molecule has 6 nitrogen and oxygen atoms in total. The van der Waals surface area contributed by atoms with E-state index in [9.17, 15) is 4.79 Å². The second-order valence-corrected chi connectivity index (χ2v) is 8.58. The number of fused-ring (bicyclic) bond motifs is 1. The van der Waals surface area contributed by atoms with E-state index in [-0.39, 0.29) is 18.3 Å². The van der Waals surface area contributed by atoms with Crippen LogP contribution < -0.4 is 0 Å². The Morgan fingerprint density at radius 1 is 1.18 bits per heavy atom. The van der Waals surface area contributed by atoms with Crippen molar-refractivity contribution in [1.29, 1.82) is 0 Å². The molecule has 3 heterocycles. The minimum atomic E-state index is -0.384. The van der Waals surface area contributed by atoms with E-state index in [1.165, 1.54) is 6.07 Å². The second-order valence-electron chi connectivity index (χ2n) is 8.17. The zero-order valence-electron chi connectivity index (χ0n) is 18.5. The predicted molar refractivity (Wildman–Crippen MR) is 128 cm³/mol. The van der Waals surface area contributed by atoms with Gasteiger partial charge in [0.1, 0.15) is 5.82 Å². The Labute approximate surface area is 201 Å². The number of hydrogen-bond acceptors (Lipinski definition) is 3. The van der Waals surface area contributed by atoms with Gasteiger partial charge in [-0.2, -0.15) is 5.10 Å². The van der Waals surface area contributed by atoms with Crippen LogP contribution in [0, 0.1) is 26.2 Å². The molecule has 0 bridgehead atoms. The number of carbonyl (C=O) groups is 1. The fourth-order valence-electron chi connectivity index (χ4n) is 4.38. The number of nitrogens with zero attached hydrogens (tertiary/aromatic N) is 5. The summed E-state index contributed by atoms with van der Waals surface area (Å²) in [6, 6.07) is 13.7. The molecule has 168 valence electrons. The van der Waals surface area contributed by atoms with E-state index in [0.29, 0.717) is 39.6 Å². The highest BCUT2D eigenvalue weighted by atomic mass is 35.5. The van der Waals surface area contributed by atoms with Crippen LogP contribution in [0.3, 0.4) is 0 Å². The van der Waals surface area contributed by atoms with Crippen molar-refractivity contribution >= 4 is 23.2 Å². The van der Waals surface area contributed by atoms with Crippen LogP contribution in [0.5, 0.6) is 0 Å². The van der Waals surface area contributed by atoms with Crippen LogP contribution in [0.4, 0.5) is 10.1 Å². The Morgan fingerprint density at radius 3 is 2.71 bits per heavy atom. The van der Waals surface area contributed by atoms with Crippen molar-refractivity contribution in [2.24, 2.45) is 0 Å². The molecule has 1 aliphatic heterocycles. The average Bonchev–Trinajstić information content (AvgIpc) is 3.30. The average molecular weight is 472 g/mol. The van der Waals surface area contributed by atoms with Gasteiger partial charge in [0, 0.05) is 34.6 Å². The number of aromatic nitrogens is 3. The van der Waals surface area contributed by atoms with Gasteiger partial charge in [-0.25, -0.2) is 13.9 Å². The molecule has 0 saturated carbocycles. The molecular weight excluding hydrogens is 453 g/mol. The SMILES string of the molecule is [C-]#[N+]c1ccc(-n2nc(C)c(-c3ccc(CN4Cc5ncccc5C4=O)c(F)c3)c2C)cc1Cl. The summed E-state index contributed by atoms with van der Waals surface area (Å²) in [6.45, 7) is 11.5. The molecule has 0 fully saturated rings. The summed E-state index contributed by atoms with van der Waals surface area (Å²) in [5, 5.41) is 4.97. The van der Waals surface area contributed by atoms with Gasteiger partial charge in [0.2, 0.25) is 5.69 Å². The number of halogens is 2. The van der Waals surface area contributed by atoms with Crippen LogP contribution in [0.15, 0.2) is 54.7 Å². The molecule has 8 heteroatoms. The number of rotatable bonds is 4. The van der Waals surface area contributed by atoms with Gasteiger partial charge >= 0.3 is 0 Å². The summed E-state index contributed by atoms with van der Waals surface area (Å²) in [6.07, 6.45) is 1.66. The van der Waals surface area contributed by atoms with Gasteiger partial charge in [-0.1, -0.05) is 29.8 Å². The molecular formula is C26H19ClFN5O. The van der Waals surface area contributed by atoms with Gasteiger partial charge in [0.15, 0.2) is 0 Å². The zero-order valence-corrected chi connectivity index (χ0v) is 19.3. The predicted octanol–water partition coefficient (Wildman–Crippen LogP) is 6.05. The maximum Gasteiger partial charge on any atom is 0.256 e. The quantitative estimate of drug-likeness (QED) is 0.340. The Hall–Kier alpha value is -4.02. The molecule has 0 aliphatic carbocycles. The molecule has 0 saturated heterocycles. The van der Waals surface area contributed by atoms with E-state index in [1.54, 1.807) is 52.2 Å². The normalized spacial score (nSPS) is 12.7. The third-order valence-corrected chi connectivity index (χ3v) is 6.34. The highest BCUT2D eigenvalue weighted by Gasteiger charge is 2.28. The molecule has 0 atom stereocenters. The fourth-order valence-corrected chi connectivity index (χ4v) is 4.59. The molecule has 0 spiro atoms. The monoisotopic (exact) mass is 471 g/mol. The molecule has 5 rings (SSSR count). The molecule has 34 heavy (non-hydrogen) atoms. The van der Waals surface area contributed by atoms with Crippen molar-refractivity contribution in [1.82, 2.24) is 19.7 Å². The van der Waals surface area contributed by atoms with Crippen molar-refractivity contribution in [3.05, 3.63) is 105 Å². The van der Waals surface area contributed by atoms with Crippen LogP contribution in [0.2, 0.25) is 5.02 Å². The number of benzene rings is 2. The molecule has 1 aliphatic rings. The molecule has 2 aromatic heterocycles. The number of hydrogen-bond donors (Lipinski definition) is 0. The van der Waals surface area contributed by atoms with Crippen LogP contribution in [0.1, 0.15) is 33.0 Å². The van der Waals surface area contributed by atoms with Gasteiger partial charge in [0.25, 0.3) is 5.91 Å². The summed E-state index contributed by atoms with van der Waals surface area (Å²) in [4.78, 5) is 21.9. The summed E-state index contributed by atoms with van der Waals surface area (Å²) in [5.41, 5.74) is 5.92. The lowest BCUT2D eigenvalue weighted by Crippen LogP contribution is -2.23. The summed E-state index contributed by atoms with van der Waals surface area (Å²) < 4.78 is 16.9. The van der Waals surface area contributed by atoms with Gasteiger partial charge in [0.05, 0.1) is 35.8 Å². The molecule has 0 unspecified atom stereocenters. The van der Waals surface area contributed by atoms with Gasteiger partial charge < -0.3 is 4.90 Å². The van der Waals surface area contributed by atoms with Crippen LogP contribution in [-0.4, -0.2) is 25.6 Å². The maximum atomic E-state index is 15.1. The first-order valence-corrected chi connectivity index (χ1v) is 11.0. The van der Waals surface area contributed by atoms with E-state index < -0.39 is 0 Å². The summed E-state index contributed by atoms with van der Waals surface area (Å²) in [5.74, 6) is -0.521.